The lowest BCUT2D eigenvalue weighted by Gasteiger charge is -2.24. The Bertz CT molecular complexity index is 978. The number of rotatable bonds is 3. The van der Waals surface area contributed by atoms with E-state index in [1.165, 1.54) is 11.3 Å². The monoisotopic (exact) mass is 377 g/mol. The summed E-state index contributed by atoms with van der Waals surface area (Å²) in [5.74, 6) is 0.937. The average molecular weight is 378 g/mol. The third-order valence-electron chi connectivity index (χ3n) is 5.25. The van der Waals surface area contributed by atoms with Crippen molar-refractivity contribution in [1.29, 1.82) is 0 Å². The minimum atomic E-state index is 0.0172. The summed E-state index contributed by atoms with van der Waals surface area (Å²) >= 11 is 5.55. The van der Waals surface area contributed by atoms with Gasteiger partial charge in [0.15, 0.2) is 5.11 Å². The molecule has 6 heteroatoms. The summed E-state index contributed by atoms with van der Waals surface area (Å²) in [4.78, 5) is 11.3. The van der Waals surface area contributed by atoms with Crippen LogP contribution < -0.4 is 5.32 Å². The molecule has 0 spiro atoms. The Morgan fingerprint density at radius 2 is 1.89 bits per heavy atom. The van der Waals surface area contributed by atoms with Crippen molar-refractivity contribution in [3.05, 3.63) is 77.0 Å². The van der Waals surface area contributed by atoms with Crippen LogP contribution in [0.4, 0.5) is 0 Å². The number of thiocarbonyl (C=S) groups is 1. The first kappa shape index (κ1) is 17.7. The zero-order chi connectivity index (χ0) is 19.1. The van der Waals surface area contributed by atoms with Gasteiger partial charge < -0.3 is 14.8 Å². The molecule has 4 heterocycles. The zero-order valence-electron chi connectivity index (χ0n) is 16.0. The smallest absolute Gasteiger partial charge is 0.169 e. The van der Waals surface area contributed by atoms with E-state index in [1.54, 1.807) is 0 Å². The van der Waals surface area contributed by atoms with Crippen molar-refractivity contribution in [3.63, 3.8) is 0 Å². The van der Waals surface area contributed by atoms with Crippen molar-refractivity contribution in [1.82, 2.24) is 24.8 Å². The van der Waals surface area contributed by atoms with E-state index >= 15 is 0 Å². The molecule has 138 valence electrons. The molecule has 0 amide bonds. The van der Waals surface area contributed by atoms with Crippen molar-refractivity contribution in [2.45, 2.75) is 32.9 Å². The minimum Gasteiger partial charge on any atom is -0.352 e. The fourth-order valence-corrected chi connectivity index (χ4v) is 4.12. The van der Waals surface area contributed by atoms with Gasteiger partial charge >= 0.3 is 0 Å². The Labute approximate surface area is 165 Å². The Morgan fingerprint density at radius 1 is 1.07 bits per heavy atom. The molecule has 3 aromatic rings. The van der Waals surface area contributed by atoms with Crippen LogP contribution in [-0.4, -0.2) is 31.6 Å². The number of aromatic nitrogens is 3. The van der Waals surface area contributed by atoms with E-state index in [9.17, 15) is 0 Å². The summed E-state index contributed by atoms with van der Waals surface area (Å²) < 4.78 is 2.21. The third-order valence-corrected chi connectivity index (χ3v) is 5.66. The standard InChI is InChI=1S/C21H23N5S/c1-13-8-9-18(23-12-13)26-14(2)11-16(15(26)3)20-19(24-21(27)25(20)4)17-7-5-6-10-22-17/h5-12,19-20H,1-4H3,(H,24,27)/t19-,20-/m1/s1. The molecule has 5 nitrogen and oxygen atoms in total. The van der Waals surface area contributed by atoms with Crippen molar-refractivity contribution in [2.75, 3.05) is 7.05 Å². The van der Waals surface area contributed by atoms with Gasteiger partial charge in [-0.1, -0.05) is 12.1 Å². The Hall–Kier alpha value is -2.73. The number of pyridine rings is 2. The summed E-state index contributed by atoms with van der Waals surface area (Å²) in [6.45, 7) is 6.32. The molecule has 4 rings (SSSR count). The Kier molecular flexibility index (Phi) is 4.44. The number of nitrogens with zero attached hydrogens (tertiary/aromatic N) is 4. The zero-order valence-corrected chi connectivity index (χ0v) is 16.8. The van der Waals surface area contributed by atoms with Gasteiger partial charge in [-0.05, 0) is 68.4 Å². The first-order chi connectivity index (χ1) is 13.0. The number of likely N-dealkylation sites (N-methyl/N-ethyl adjacent to an activating group) is 1. The van der Waals surface area contributed by atoms with Gasteiger partial charge in [0, 0.05) is 30.8 Å². The molecule has 0 aromatic carbocycles. The van der Waals surface area contributed by atoms with E-state index in [4.69, 9.17) is 12.2 Å². The highest BCUT2D eigenvalue weighted by Gasteiger charge is 2.39. The van der Waals surface area contributed by atoms with E-state index in [0.29, 0.717) is 0 Å². The van der Waals surface area contributed by atoms with Crippen molar-refractivity contribution in [3.8, 4) is 5.82 Å². The predicted molar refractivity (Wildman–Crippen MR) is 111 cm³/mol. The predicted octanol–water partition coefficient (Wildman–Crippen LogP) is 3.79. The lowest BCUT2D eigenvalue weighted by molar-refractivity contribution is 0.367. The summed E-state index contributed by atoms with van der Waals surface area (Å²) in [6, 6.07) is 12.5. The maximum absolute atomic E-state index is 5.55. The van der Waals surface area contributed by atoms with Crippen LogP contribution in [0.5, 0.6) is 0 Å². The third kappa shape index (κ3) is 3.00. The van der Waals surface area contributed by atoms with E-state index in [2.05, 4.69) is 63.7 Å². The van der Waals surface area contributed by atoms with E-state index < -0.39 is 0 Å². The number of nitrogens with one attached hydrogen (secondary N) is 1. The van der Waals surface area contributed by atoms with Gasteiger partial charge in [0.25, 0.3) is 0 Å². The Balaban J connectivity index is 1.81. The number of aryl methyl sites for hydroxylation is 2. The molecule has 27 heavy (non-hydrogen) atoms. The second kappa shape index (κ2) is 6.78. The molecule has 1 aliphatic heterocycles. The molecular formula is C21H23N5S. The topological polar surface area (TPSA) is 46.0 Å². The SMILES string of the molecule is Cc1ccc(-n2c(C)cc([C@@H]3[C@@H](c4ccccn4)NC(=S)N3C)c2C)nc1. The summed E-state index contributed by atoms with van der Waals surface area (Å²) in [7, 11) is 2.04. The Morgan fingerprint density at radius 3 is 2.56 bits per heavy atom. The molecule has 2 atom stereocenters. The van der Waals surface area contributed by atoms with Gasteiger partial charge in [-0.15, -0.1) is 0 Å². The largest absolute Gasteiger partial charge is 0.352 e. The van der Waals surface area contributed by atoms with Crippen LogP contribution in [0.3, 0.4) is 0 Å². The highest BCUT2D eigenvalue weighted by molar-refractivity contribution is 7.80. The highest BCUT2D eigenvalue weighted by Crippen LogP contribution is 2.40. The van der Waals surface area contributed by atoms with E-state index in [1.807, 2.05) is 37.6 Å². The van der Waals surface area contributed by atoms with Crippen LogP contribution in [0.2, 0.25) is 0 Å². The van der Waals surface area contributed by atoms with Crippen LogP contribution in [0.25, 0.3) is 5.82 Å². The van der Waals surface area contributed by atoms with Crippen LogP contribution in [-0.2, 0) is 0 Å². The lowest BCUT2D eigenvalue weighted by atomic mass is 9.97. The fraction of sp³-hybridized carbons (Fsp3) is 0.286. The first-order valence-electron chi connectivity index (χ1n) is 9.03. The van der Waals surface area contributed by atoms with Gasteiger partial charge in [0.1, 0.15) is 5.82 Å². The quantitative estimate of drug-likeness (QED) is 0.704. The van der Waals surface area contributed by atoms with Crippen molar-refractivity contribution in [2.24, 2.45) is 0 Å². The minimum absolute atomic E-state index is 0.0172. The maximum atomic E-state index is 5.55. The van der Waals surface area contributed by atoms with Crippen LogP contribution in [0.15, 0.2) is 48.8 Å². The molecule has 1 saturated heterocycles. The summed E-state index contributed by atoms with van der Waals surface area (Å²) in [5.41, 5.74) is 5.72. The highest BCUT2D eigenvalue weighted by atomic mass is 32.1. The molecule has 0 unspecified atom stereocenters. The molecule has 1 fully saturated rings. The molecule has 0 saturated carbocycles. The van der Waals surface area contributed by atoms with Gasteiger partial charge in [-0.25, -0.2) is 4.98 Å². The average Bonchev–Trinajstić information content (AvgIpc) is 3.12. The lowest BCUT2D eigenvalue weighted by Crippen LogP contribution is -2.25. The summed E-state index contributed by atoms with van der Waals surface area (Å²) in [6.07, 6.45) is 3.73. The van der Waals surface area contributed by atoms with E-state index in [0.717, 1.165) is 27.9 Å². The maximum Gasteiger partial charge on any atom is 0.169 e. The van der Waals surface area contributed by atoms with Crippen LogP contribution in [0, 0.1) is 20.8 Å². The fourth-order valence-electron chi connectivity index (χ4n) is 3.88. The van der Waals surface area contributed by atoms with Crippen LogP contribution >= 0.6 is 12.2 Å². The molecule has 0 radical (unpaired) electrons. The molecular weight excluding hydrogens is 354 g/mol. The molecule has 1 N–H and O–H groups in total. The summed E-state index contributed by atoms with van der Waals surface area (Å²) in [5, 5.41) is 4.19. The van der Waals surface area contributed by atoms with E-state index in [-0.39, 0.29) is 12.1 Å². The first-order valence-corrected chi connectivity index (χ1v) is 9.44. The van der Waals surface area contributed by atoms with Gasteiger partial charge in [-0.3, -0.25) is 4.98 Å². The molecule has 3 aromatic heterocycles. The molecule has 0 bridgehead atoms. The second-order valence-electron chi connectivity index (χ2n) is 7.09. The molecule has 1 aliphatic rings. The van der Waals surface area contributed by atoms with Crippen molar-refractivity contribution >= 4 is 17.3 Å². The number of hydrogen-bond donors (Lipinski definition) is 1. The van der Waals surface area contributed by atoms with Gasteiger partial charge in [0.05, 0.1) is 17.8 Å². The normalized spacial score (nSPS) is 19.4. The van der Waals surface area contributed by atoms with Gasteiger partial charge in [0.2, 0.25) is 0 Å². The second-order valence-corrected chi connectivity index (χ2v) is 7.48. The van der Waals surface area contributed by atoms with Gasteiger partial charge in [-0.2, -0.15) is 0 Å². The van der Waals surface area contributed by atoms with Crippen LogP contribution in [0.1, 0.15) is 40.3 Å². The van der Waals surface area contributed by atoms with Crippen molar-refractivity contribution < 1.29 is 0 Å². The molecule has 0 aliphatic carbocycles. The number of hydrogen-bond acceptors (Lipinski definition) is 3.